The average Bonchev–Trinajstić information content (AvgIpc) is 2.59. The minimum Gasteiger partial charge on any atom is -0.274 e. The Morgan fingerprint density at radius 2 is 0.720 bits per heavy atom. The topological polar surface area (TPSA) is 43.4 Å². The van der Waals surface area contributed by atoms with E-state index in [0.717, 1.165) is 51.4 Å². The molecule has 0 amide bonds. The van der Waals surface area contributed by atoms with Crippen LogP contribution >= 0.6 is 0 Å². The van der Waals surface area contributed by atoms with Crippen molar-refractivity contribution in [1.29, 1.82) is 0 Å². The van der Waals surface area contributed by atoms with E-state index in [1.807, 2.05) is 0 Å². The van der Waals surface area contributed by atoms with E-state index in [9.17, 15) is 0 Å². The number of nitrogens with zero attached hydrogens (tertiary/aromatic N) is 2. The van der Waals surface area contributed by atoms with Gasteiger partial charge in [-0.15, -0.1) is 0 Å². The largest absolute Gasteiger partial charge is 0.274 e. The van der Waals surface area contributed by atoms with E-state index in [-0.39, 0.29) is 21.7 Å². The Kier molecular flexibility index (Phi) is 24.9. The van der Waals surface area contributed by atoms with Crippen LogP contribution in [0.25, 0.3) is 0 Å². The van der Waals surface area contributed by atoms with Gasteiger partial charge in [0.1, 0.15) is 0 Å². The summed E-state index contributed by atoms with van der Waals surface area (Å²) >= 11 is 0. The third-order valence-electron chi connectivity index (χ3n) is 3.40. The molecule has 6 nitrogen and oxygen atoms in total. The van der Waals surface area contributed by atoms with Crippen LogP contribution in [0.15, 0.2) is 0 Å². The summed E-state index contributed by atoms with van der Waals surface area (Å²) < 4.78 is 0. The smallest absolute Gasteiger partial charge is 0.0711 e. The molecule has 25 heavy (non-hydrogen) atoms. The molecule has 0 rings (SSSR count). The van der Waals surface area contributed by atoms with Gasteiger partial charge in [0, 0.05) is 21.7 Å². The van der Waals surface area contributed by atoms with Crippen LogP contribution in [-0.4, -0.2) is 50.0 Å². The third-order valence-corrected chi connectivity index (χ3v) is 3.40. The van der Waals surface area contributed by atoms with Crippen molar-refractivity contribution in [1.82, 2.24) is 10.5 Å². The van der Waals surface area contributed by atoms with E-state index in [0.29, 0.717) is 39.5 Å². The first-order chi connectivity index (χ1) is 11.8. The van der Waals surface area contributed by atoms with Gasteiger partial charge in [0.05, 0.1) is 39.5 Å². The predicted molar refractivity (Wildman–Crippen MR) is 96.9 cm³/mol. The summed E-state index contributed by atoms with van der Waals surface area (Å²) in [6, 6.07) is 0. The van der Waals surface area contributed by atoms with Gasteiger partial charge >= 0.3 is 0 Å². The molecule has 150 valence electrons. The van der Waals surface area contributed by atoms with Crippen molar-refractivity contribution in [2.45, 2.75) is 79.1 Å². The summed E-state index contributed by atoms with van der Waals surface area (Å²) in [6.07, 6.45) is 8.53. The number of hydroxylamine groups is 4. The van der Waals surface area contributed by atoms with Gasteiger partial charge in [-0.3, -0.25) is 19.4 Å². The summed E-state index contributed by atoms with van der Waals surface area (Å²) in [4.78, 5) is 22.8. The van der Waals surface area contributed by atoms with Gasteiger partial charge in [-0.1, -0.05) is 63.8 Å². The molecule has 0 radical (unpaired) electrons. The minimum atomic E-state index is 0. The fourth-order valence-corrected chi connectivity index (χ4v) is 1.74. The zero-order valence-corrected chi connectivity index (χ0v) is 18.5. The van der Waals surface area contributed by atoms with Gasteiger partial charge in [0.2, 0.25) is 0 Å². The first kappa shape index (κ1) is 27.7. The van der Waals surface area contributed by atoms with Gasteiger partial charge < -0.3 is 0 Å². The molecule has 0 saturated heterocycles. The second-order valence-electron chi connectivity index (χ2n) is 5.86. The van der Waals surface area contributed by atoms with E-state index in [1.54, 1.807) is 10.5 Å². The van der Waals surface area contributed by atoms with E-state index in [1.165, 1.54) is 0 Å². The molecule has 0 aliphatic rings. The predicted octanol–water partition coefficient (Wildman–Crippen LogP) is 4.51. The van der Waals surface area contributed by atoms with Crippen LogP contribution in [0.3, 0.4) is 0 Å². The molecule has 0 aromatic rings. The van der Waals surface area contributed by atoms with Crippen LogP contribution in [0.4, 0.5) is 0 Å². The maximum Gasteiger partial charge on any atom is 0.0711 e. The van der Waals surface area contributed by atoms with Gasteiger partial charge in [-0.25, -0.2) is 0 Å². The zero-order valence-electron chi connectivity index (χ0n) is 16.9. The van der Waals surface area contributed by atoms with Gasteiger partial charge in [-0.2, -0.15) is 0 Å². The summed E-state index contributed by atoms with van der Waals surface area (Å²) in [6.45, 7) is 12.5. The summed E-state index contributed by atoms with van der Waals surface area (Å²) in [5.41, 5.74) is 0. The first-order valence-electron chi connectivity index (χ1n) is 9.85. The second kappa shape index (κ2) is 22.5. The Hall–Kier alpha value is 0.474. The Balaban J connectivity index is 0. The number of hydrogen-bond acceptors (Lipinski definition) is 6. The van der Waals surface area contributed by atoms with Crippen LogP contribution in [0.5, 0.6) is 0 Å². The maximum absolute atomic E-state index is 5.70. The molecule has 0 N–H and O–H groups in total. The standard InChI is InChI=1S/C18H40N2O4.Ti/c1-5-9-15-21-19(22-16-10-6-2)13-14-20(23-17-11-7-3)24-18-12-8-4;/h5-18H2,1-4H3;. The van der Waals surface area contributed by atoms with Gasteiger partial charge in [-0.05, 0) is 25.7 Å². The van der Waals surface area contributed by atoms with Crippen molar-refractivity contribution >= 4 is 0 Å². The molecule has 0 atom stereocenters. The van der Waals surface area contributed by atoms with Crippen LogP contribution in [-0.2, 0) is 41.1 Å². The quantitative estimate of drug-likeness (QED) is 0.182. The third kappa shape index (κ3) is 19.0. The van der Waals surface area contributed by atoms with Crippen LogP contribution in [0.1, 0.15) is 79.1 Å². The van der Waals surface area contributed by atoms with Gasteiger partial charge in [0.25, 0.3) is 0 Å². The molecule has 0 aromatic heterocycles. The Labute approximate surface area is 170 Å². The van der Waals surface area contributed by atoms with Crippen molar-refractivity contribution in [3.05, 3.63) is 0 Å². The SMILES string of the molecule is CCCCON(CCN(OCCCC)OCCCC)OCCCC.[Ti]. The monoisotopic (exact) mass is 396 g/mol. The summed E-state index contributed by atoms with van der Waals surface area (Å²) in [5, 5.41) is 3.18. The van der Waals surface area contributed by atoms with E-state index < -0.39 is 0 Å². The Morgan fingerprint density at radius 3 is 0.920 bits per heavy atom. The fourth-order valence-electron chi connectivity index (χ4n) is 1.74. The fraction of sp³-hybridized carbons (Fsp3) is 1.00. The molecule has 0 unspecified atom stereocenters. The molecule has 0 spiro atoms. The molecule has 0 saturated carbocycles. The van der Waals surface area contributed by atoms with Crippen molar-refractivity contribution < 1.29 is 41.1 Å². The van der Waals surface area contributed by atoms with E-state index >= 15 is 0 Å². The van der Waals surface area contributed by atoms with Crippen LogP contribution in [0, 0.1) is 0 Å². The number of unbranched alkanes of at least 4 members (excludes halogenated alkanes) is 4. The Bertz CT molecular complexity index is 207. The van der Waals surface area contributed by atoms with Crippen molar-refractivity contribution in [2.24, 2.45) is 0 Å². The molecule has 0 aliphatic heterocycles. The van der Waals surface area contributed by atoms with E-state index in [4.69, 9.17) is 19.4 Å². The molecule has 0 aliphatic carbocycles. The number of rotatable bonds is 19. The van der Waals surface area contributed by atoms with Crippen molar-refractivity contribution in [3.8, 4) is 0 Å². The van der Waals surface area contributed by atoms with Crippen molar-refractivity contribution in [2.75, 3.05) is 39.5 Å². The molecule has 0 bridgehead atoms. The van der Waals surface area contributed by atoms with E-state index in [2.05, 4.69) is 27.7 Å². The average molecular weight is 396 g/mol. The van der Waals surface area contributed by atoms with Crippen LogP contribution < -0.4 is 0 Å². The molecular formula is C18H40N2O4Ti. The normalized spacial score (nSPS) is 11.3. The minimum absolute atomic E-state index is 0. The second-order valence-corrected chi connectivity index (χ2v) is 5.86. The van der Waals surface area contributed by atoms with Crippen molar-refractivity contribution in [3.63, 3.8) is 0 Å². The Morgan fingerprint density at radius 1 is 0.480 bits per heavy atom. The molecule has 0 heterocycles. The maximum atomic E-state index is 5.70. The van der Waals surface area contributed by atoms with Gasteiger partial charge in [0.15, 0.2) is 0 Å². The summed E-state index contributed by atoms with van der Waals surface area (Å²) in [5.74, 6) is 0. The molecule has 7 heteroatoms. The molecular weight excluding hydrogens is 356 g/mol. The molecule has 0 fully saturated rings. The molecule has 0 aromatic carbocycles. The summed E-state index contributed by atoms with van der Waals surface area (Å²) in [7, 11) is 0. The zero-order chi connectivity index (χ0) is 17.9. The number of hydrogen-bond donors (Lipinski definition) is 0. The van der Waals surface area contributed by atoms with Crippen LogP contribution in [0.2, 0.25) is 0 Å². The first-order valence-corrected chi connectivity index (χ1v) is 9.85.